The molecule has 0 atom stereocenters. The molecule has 2 aromatic heterocycles. The van der Waals surface area contributed by atoms with Crippen molar-refractivity contribution in [1.82, 2.24) is 19.7 Å². The molecule has 3 heterocycles. The van der Waals surface area contributed by atoms with Gasteiger partial charge in [0, 0.05) is 37.4 Å². The third kappa shape index (κ3) is 2.67. The molecule has 7 nitrogen and oxygen atoms in total. The Labute approximate surface area is 134 Å². The van der Waals surface area contributed by atoms with E-state index in [-0.39, 0.29) is 0 Å². The topological polar surface area (TPSA) is 89.9 Å². The molecule has 2 aliphatic rings. The van der Waals surface area contributed by atoms with E-state index in [0.717, 1.165) is 37.4 Å². The monoisotopic (exact) mass is 312 g/mol. The lowest BCUT2D eigenvalue weighted by Gasteiger charge is -2.34. The molecule has 2 N–H and O–H groups in total. The molecule has 0 aromatic carbocycles. The lowest BCUT2D eigenvalue weighted by Crippen LogP contribution is -2.35. The molecular formula is C16H20N6O. The van der Waals surface area contributed by atoms with E-state index in [0.29, 0.717) is 17.5 Å². The average Bonchev–Trinajstić information content (AvgIpc) is 3.32. The summed E-state index contributed by atoms with van der Waals surface area (Å²) in [6.07, 6.45) is 9.61. The summed E-state index contributed by atoms with van der Waals surface area (Å²) in [6.45, 7) is 1.76. The Kier molecular flexibility index (Phi) is 3.48. The van der Waals surface area contributed by atoms with Gasteiger partial charge < -0.3 is 15.2 Å². The van der Waals surface area contributed by atoms with Crippen molar-refractivity contribution in [2.24, 2.45) is 5.73 Å². The Hall–Kier alpha value is -2.44. The van der Waals surface area contributed by atoms with E-state index in [1.54, 1.807) is 12.4 Å². The van der Waals surface area contributed by atoms with Crippen LogP contribution in [0.25, 0.3) is 0 Å². The van der Waals surface area contributed by atoms with E-state index in [1.165, 1.54) is 12.8 Å². The van der Waals surface area contributed by atoms with Crippen molar-refractivity contribution >= 4 is 11.6 Å². The molecule has 1 amide bonds. The van der Waals surface area contributed by atoms with Gasteiger partial charge in [0.1, 0.15) is 12.2 Å². The minimum atomic E-state index is -0.427. The maximum atomic E-state index is 11.6. The molecule has 2 fully saturated rings. The van der Waals surface area contributed by atoms with Crippen LogP contribution < -0.4 is 10.6 Å². The average molecular weight is 312 g/mol. The Morgan fingerprint density at radius 2 is 2.00 bits per heavy atom. The zero-order chi connectivity index (χ0) is 15.8. The van der Waals surface area contributed by atoms with Crippen molar-refractivity contribution in [2.45, 2.75) is 37.6 Å². The van der Waals surface area contributed by atoms with Crippen molar-refractivity contribution in [1.29, 1.82) is 0 Å². The van der Waals surface area contributed by atoms with E-state index in [2.05, 4.69) is 24.6 Å². The zero-order valence-corrected chi connectivity index (χ0v) is 12.9. The van der Waals surface area contributed by atoms with Crippen LogP contribution in [0.5, 0.6) is 0 Å². The lowest BCUT2D eigenvalue weighted by atomic mass is 9.95. The third-order valence-corrected chi connectivity index (χ3v) is 4.81. The predicted molar refractivity (Wildman–Crippen MR) is 85.2 cm³/mol. The summed E-state index contributed by atoms with van der Waals surface area (Å²) >= 11 is 0. The molecule has 1 aliphatic heterocycles. The van der Waals surface area contributed by atoms with Crippen LogP contribution in [0, 0.1) is 0 Å². The van der Waals surface area contributed by atoms with E-state index in [4.69, 9.17) is 5.73 Å². The summed E-state index contributed by atoms with van der Waals surface area (Å²) in [5.41, 5.74) is 6.84. The van der Waals surface area contributed by atoms with Crippen LogP contribution >= 0.6 is 0 Å². The summed E-state index contributed by atoms with van der Waals surface area (Å²) < 4.78 is 2.25. The molecule has 120 valence electrons. The van der Waals surface area contributed by atoms with Crippen molar-refractivity contribution < 1.29 is 4.79 Å². The number of nitrogens with two attached hydrogens (primary N) is 1. The van der Waals surface area contributed by atoms with Crippen LogP contribution in [0.15, 0.2) is 24.8 Å². The fourth-order valence-electron chi connectivity index (χ4n) is 3.41. The molecule has 1 saturated heterocycles. The third-order valence-electron chi connectivity index (χ3n) is 4.81. The highest BCUT2D eigenvalue weighted by atomic mass is 16.1. The summed E-state index contributed by atoms with van der Waals surface area (Å²) in [4.78, 5) is 17.8. The number of aromatic nitrogens is 4. The van der Waals surface area contributed by atoms with Gasteiger partial charge in [-0.05, 0) is 31.7 Å². The summed E-state index contributed by atoms with van der Waals surface area (Å²) in [7, 11) is 0. The Morgan fingerprint density at radius 1 is 1.22 bits per heavy atom. The normalized spacial score (nSPS) is 19.0. The summed E-state index contributed by atoms with van der Waals surface area (Å²) in [5, 5.41) is 8.46. The van der Waals surface area contributed by atoms with Gasteiger partial charge in [0.25, 0.3) is 5.91 Å². The second-order valence-corrected chi connectivity index (χ2v) is 6.35. The van der Waals surface area contributed by atoms with Gasteiger partial charge in [-0.2, -0.15) is 0 Å². The van der Waals surface area contributed by atoms with Crippen LogP contribution in [-0.2, 0) is 0 Å². The second kappa shape index (κ2) is 5.64. The largest absolute Gasteiger partial charge is 0.371 e. The molecule has 1 saturated carbocycles. The van der Waals surface area contributed by atoms with E-state index in [1.807, 2.05) is 12.4 Å². The van der Waals surface area contributed by atoms with Crippen LogP contribution in [0.2, 0.25) is 0 Å². The van der Waals surface area contributed by atoms with Gasteiger partial charge in [0.15, 0.2) is 0 Å². The Bertz CT molecular complexity index is 715. The number of amides is 1. The molecule has 23 heavy (non-hydrogen) atoms. The van der Waals surface area contributed by atoms with Crippen molar-refractivity contribution in [3.63, 3.8) is 0 Å². The minimum Gasteiger partial charge on any atom is -0.371 e. The van der Waals surface area contributed by atoms with E-state index >= 15 is 0 Å². The van der Waals surface area contributed by atoms with Gasteiger partial charge in [0.05, 0.1) is 11.3 Å². The first-order chi connectivity index (χ1) is 11.2. The van der Waals surface area contributed by atoms with Gasteiger partial charge in [0.2, 0.25) is 0 Å². The Balaban J connectivity index is 1.49. The van der Waals surface area contributed by atoms with Gasteiger partial charge >= 0.3 is 0 Å². The van der Waals surface area contributed by atoms with Crippen molar-refractivity contribution in [2.75, 3.05) is 18.0 Å². The maximum absolute atomic E-state index is 11.6. The van der Waals surface area contributed by atoms with Crippen LogP contribution in [0.1, 0.15) is 53.8 Å². The highest BCUT2D eigenvalue weighted by Crippen LogP contribution is 2.38. The number of carbonyl (C=O) groups is 1. The summed E-state index contributed by atoms with van der Waals surface area (Å²) in [5.74, 6) is 1.13. The number of piperidine rings is 1. The molecule has 4 rings (SSSR count). The number of primary amides is 1. The second-order valence-electron chi connectivity index (χ2n) is 6.35. The SMILES string of the molecule is NC(=O)c1cnccc1N1CCC(c2nncn2C2CC2)CC1. The maximum Gasteiger partial charge on any atom is 0.252 e. The minimum absolute atomic E-state index is 0.427. The standard InChI is InChI=1S/C16H20N6O/c17-15(23)13-9-18-6-3-14(13)21-7-4-11(5-8-21)16-20-19-10-22(16)12-1-2-12/h3,6,9-12H,1-2,4-5,7-8H2,(H2,17,23). The molecule has 0 bridgehead atoms. The van der Waals surface area contributed by atoms with Crippen molar-refractivity contribution in [3.8, 4) is 0 Å². The number of pyridine rings is 1. The first-order valence-electron chi connectivity index (χ1n) is 8.12. The number of carbonyl (C=O) groups excluding carboxylic acids is 1. The fraction of sp³-hybridized carbons (Fsp3) is 0.500. The predicted octanol–water partition coefficient (Wildman–Crippen LogP) is 1.49. The number of nitrogens with zero attached hydrogens (tertiary/aromatic N) is 5. The smallest absolute Gasteiger partial charge is 0.252 e. The highest BCUT2D eigenvalue weighted by Gasteiger charge is 2.31. The number of hydrogen-bond acceptors (Lipinski definition) is 5. The van der Waals surface area contributed by atoms with Crippen LogP contribution in [0.3, 0.4) is 0 Å². The quantitative estimate of drug-likeness (QED) is 0.923. The molecule has 0 unspecified atom stereocenters. The molecule has 7 heteroatoms. The van der Waals surface area contributed by atoms with E-state index < -0.39 is 5.91 Å². The highest BCUT2D eigenvalue weighted by molar-refractivity contribution is 5.98. The van der Waals surface area contributed by atoms with Crippen LogP contribution in [-0.4, -0.2) is 38.7 Å². The Morgan fingerprint density at radius 3 is 2.70 bits per heavy atom. The number of anilines is 1. The zero-order valence-electron chi connectivity index (χ0n) is 12.9. The van der Waals surface area contributed by atoms with Gasteiger partial charge in [-0.1, -0.05) is 0 Å². The molecular weight excluding hydrogens is 292 g/mol. The number of hydrogen-bond donors (Lipinski definition) is 1. The number of rotatable bonds is 4. The van der Waals surface area contributed by atoms with Crippen molar-refractivity contribution in [3.05, 3.63) is 36.2 Å². The molecule has 2 aromatic rings. The lowest BCUT2D eigenvalue weighted by molar-refractivity contribution is 0.100. The fourth-order valence-corrected chi connectivity index (χ4v) is 3.41. The van der Waals surface area contributed by atoms with Crippen LogP contribution in [0.4, 0.5) is 5.69 Å². The molecule has 1 aliphatic carbocycles. The van der Waals surface area contributed by atoms with E-state index in [9.17, 15) is 4.79 Å². The molecule has 0 radical (unpaired) electrons. The molecule has 0 spiro atoms. The first-order valence-corrected chi connectivity index (χ1v) is 8.12. The van der Waals surface area contributed by atoms with Gasteiger partial charge in [-0.3, -0.25) is 9.78 Å². The van der Waals surface area contributed by atoms with Gasteiger partial charge in [-0.25, -0.2) is 0 Å². The van der Waals surface area contributed by atoms with Gasteiger partial charge in [-0.15, -0.1) is 10.2 Å². The first kappa shape index (κ1) is 14.2. The summed E-state index contributed by atoms with van der Waals surface area (Å²) in [6, 6.07) is 2.48.